The molecule has 7 heteroatoms. The number of nitrogens with one attached hydrogen (secondary N) is 1. The molecule has 0 aliphatic carbocycles. The van der Waals surface area contributed by atoms with Gasteiger partial charge in [0.2, 0.25) is 5.91 Å². The van der Waals surface area contributed by atoms with E-state index in [0.29, 0.717) is 17.0 Å². The molecule has 1 aliphatic heterocycles. The van der Waals surface area contributed by atoms with E-state index in [1.54, 1.807) is 6.20 Å². The van der Waals surface area contributed by atoms with Gasteiger partial charge in [-0.3, -0.25) is 9.20 Å². The summed E-state index contributed by atoms with van der Waals surface area (Å²) < 4.78 is 2.08. The van der Waals surface area contributed by atoms with Gasteiger partial charge < -0.3 is 10.2 Å². The number of aryl methyl sites for hydroxylation is 2. The van der Waals surface area contributed by atoms with E-state index in [2.05, 4.69) is 31.7 Å². The zero-order valence-corrected chi connectivity index (χ0v) is 18.2. The second-order valence-electron chi connectivity index (χ2n) is 8.40. The lowest BCUT2D eigenvalue weighted by atomic mass is 9.95. The van der Waals surface area contributed by atoms with Gasteiger partial charge in [-0.2, -0.15) is 5.26 Å². The van der Waals surface area contributed by atoms with Gasteiger partial charge in [0.05, 0.1) is 16.6 Å². The summed E-state index contributed by atoms with van der Waals surface area (Å²) in [5.41, 5.74) is 5.12. The van der Waals surface area contributed by atoms with Gasteiger partial charge in [-0.25, -0.2) is 9.97 Å². The van der Waals surface area contributed by atoms with Crippen LogP contribution in [0, 0.1) is 31.1 Å². The smallest absolute Gasteiger partial charge is 0.228 e. The van der Waals surface area contributed by atoms with Gasteiger partial charge in [-0.05, 0) is 62.1 Å². The molecule has 5 rings (SSSR count). The molecule has 4 heterocycles. The van der Waals surface area contributed by atoms with Crippen molar-refractivity contribution in [2.24, 2.45) is 5.92 Å². The summed E-state index contributed by atoms with van der Waals surface area (Å²) in [5.74, 6) is 1.58. The van der Waals surface area contributed by atoms with E-state index in [1.807, 2.05) is 50.2 Å². The van der Waals surface area contributed by atoms with Crippen LogP contribution < -0.4 is 10.2 Å². The van der Waals surface area contributed by atoms with Crippen molar-refractivity contribution >= 4 is 34.2 Å². The van der Waals surface area contributed by atoms with Crippen LogP contribution in [0.15, 0.2) is 48.7 Å². The minimum absolute atomic E-state index is 0.0234. The largest absolute Gasteiger partial charge is 0.358 e. The molecular weight excluding hydrogens is 400 g/mol. The number of para-hydroxylation sites is 2. The Kier molecular flexibility index (Phi) is 4.98. The van der Waals surface area contributed by atoms with Crippen LogP contribution in [0.1, 0.15) is 29.5 Å². The number of piperidine rings is 1. The Bertz CT molecular complexity index is 1360. The van der Waals surface area contributed by atoms with Crippen molar-refractivity contribution in [1.82, 2.24) is 14.4 Å². The van der Waals surface area contributed by atoms with E-state index in [1.165, 1.54) is 0 Å². The van der Waals surface area contributed by atoms with Gasteiger partial charge >= 0.3 is 0 Å². The molecule has 1 fully saturated rings. The van der Waals surface area contributed by atoms with E-state index in [4.69, 9.17) is 4.98 Å². The molecule has 1 amide bonds. The third-order valence-electron chi connectivity index (χ3n) is 6.22. The molecule has 0 saturated carbocycles. The average molecular weight is 425 g/mol. The van der Waals surface area contributed by atoms with Gasteiger partial charge in [0.25, 0.3) is 0 Å². The summed E-state index contributed by atoms with van der Waals surface area (Å²) in [7, 11) is 0. The van der Waals surface area contributed by atoms with E-state index in [0.717, 1.165) is 53.9 Å². The van der Waals surface area contributed by atoms with E-state index in [-0.39, 0.29) is 11.8 Å². The fourth-order valence-electron chi connectivity index (χ4n) is 4.44. The Labute approximate surface area is 186 Å². The molecule has 0 radical (unpaired) electrons. The van der Waals surface area contributed by atoms with Gasteiger partial charge in [-0.15, -0.1) is 0 Å². The highest BCUT2D eigenvalue weighted by Crippen LogP contribution is 2.31. The van der Waals surface area contributed by atoms with Crippen molar-refractivity contribution in [2.75, 3.05) is 23.3 Å². The van der Waals surface area contributed by atoms with Crippen molar-refractivity contribution in [1.29, 1.82) is 5.26 Å². The number of rotatable bonds is 3. The molecule has 7 nitrogen and oxygen atoms in total. The number of aromatic nitrogens is 3. The summed E-state index contributed by atoms with van der Waals surface area (Å²) in [6.07, 6.45) is 3.27. The number of amides is 1. The van der Waals surface area contributed by atoms with Crippen molar-refractivity contribution in [3.05, 3.63) is 65.4 Å². The first-order chi connectivity index (χ1) is 15.5. The minimum Gasteiger partial charge on any atom is -0.358 e. The fourth-order valence-corrected chi connectivity index (χ4v) is 4.44. The van der Waals surface area contributed by atoms with Crippen LogP contribution in [0.25, 0.3) is 16.7 Å². The van der Waals surface area contributed by atoms with E-state index < -0.39 is 0 Å². The molecule has 0 spiro atoms. The number of carbonyl (C=O) groups is 1. The monoisotopic (exact) mass is 424 g/mol. The molecule has 1 aromatic carbocycles. The second kappa shape index (κ2) is 7.97. The fraction of sp³-hybridized carbons (Fsp3) is 0.280. The normalized spacial score (nSPS) is 14.6. The highest BCUT2D eigenvalue weighted by Gasteiger charge is 2.27. The Morgan fingerprint density at radius 3 is 2.66 bits per heavy atom. The third kappa shape index (κ3) is 3.44. The minimum atomic E-state index is -0.0520. The zero-order chi connectivity index (χ0) is 22.2. The number of pyridine rings is 2. The number of imidazole rings is 1. The molecule has 0 unspecified atom stereocenters. The number of hydrogen-bond acceptors (Lipinski definition) is 5. The second-order valence-corrected chi connectivity index (χ2v) is 8.40. The molecule has 4 aromatic rings. The van der Waals surface area contributed by atoms with Crippen molar-refractivity contribution in [3.8, 4) is 6.07 Å². The number of carbonyl (C=O) groups excluding carboxylic acids is 1. The molecule has 1 saturated heterocycles. The first-order valence-electron chi connectivity index (χ1n) is 10.8. The maximum absolute atomic E-state index is 12.8. The number of hydrogen-bond donors (Lipinski definition) is 1. The third-order valence-corrected chi connectivity index (χ3v) is 6.22. The Hall–Kier alpha value is -3.92. The highest BCUT2D eigenvalue weighted by atomic mass is 16.1. The highest BCUT2D eigenvalue weighted by molar-refractivity contribution is 5.92. The Balaban J connectivity index is 1.41. The number of fused-ring (bicyclic) bond motifs is 3. The van der Waals surface area contributed by atoms with Crippen LogP contribution in [0.3, 0.4) is 0 Å². The van der Waals surface area contributed by atoms with Crippen LogP contribution in [0.5, 0.6) is 0 Å². The Morgan fingerprint density at radius 2 is 1.94 bits per heavy atom. The van der Waals surface area contributed by atoms with Gasteiger partial charge in [0.15, 0.2) is 5.65 Å². The zero-order valence-electron chi connectivity index (χ0n) is 18.2. The predicted octanol–water partition coefficient (Wildman–Crippen LogP) is 4.23. The molecule has 0 bridgehead atoms. The first-order valence-corrected chi connectivity index (χ1v) is 10.8. The lowest BCUT2D eigenvalue weighted by Crippen LogP contribution is -2.39. The first kappa shape index (κ1) is 20.0. The summed E-state index contributed by atoms with van der Waals surface area (Å²) in [4.78, 5) is 24.1. The van der Waals surface area contributed by atoms with Gasteiger partial charge in [0, 0.05) is 25.2 Å². The standard InChI is InChI=1S/C25H24N6O/c1-16-7-8-22(27-15-16)29-25(32)18-9-11-30(12-10-18)23-13-17(2)19(14-26)24-28-20-5-3-4-6-21(20)31(23)24/h3-8,13,15,18H,9-12H2,1-2H3,(H,27,29,32). The van der Waals surface area contributed by atoms with Crippen LogP contribution in [-0.4, -0.2) is 33.4 Å². The molecular formula is C25H24N6O. The molecule has 160 valence electrons. The molecule has 1 aliphatic rings. The lowest BCUT2D eigenvalue weighted by Gasteiger charge is -2.33. The lowest BCUT2D eigenvalue weighted by molar-refractivity contribution is -0.120. The summed E-state index contributed by atoms with van der Waals surface area (Å²) in [5, 5.41) is 12.7. The Morgan fingerprint density at radius 1 is 1.16 bits per heavy atom. The van der Waals surface area contributed by atoms with Crippen molar-refractivity contribution < 1.29 is 4.79 Å². The summed E-state index contributed by atoms with van der Waals surface area (Å²) >= 11 is 0. The van der Waals surface area contributed by atoms with E-state index >= 15 is 0 Å². The SMILES string of the molecule is Cc1ccc(NC(=O)C2CCN(c3cc(C)c(C#N)c4nc5ccccc5n34)CC2)nc1. The molecule has 1 N–H and O–H groups in total. The maximum Gasteiger partial charge on any atom is 0.228 e. The van der Waals surface area contributed by atoms with Crippen molar-refractivity contribution in [3.63, 3.8) is 0 Å². The van der Waals surface area contributed by atoms with Crippen LogP contribution in [-0.2, 0) is 4.79 Å². The number of nitrogens with zero attached hydrogens (tertiary/aromatic N) is 5. The average Bonchev–Trinajstić information content (AvgIpc) is 3.19. The summed E-state index contributed by atoms with van der Waals surface area (Å²) in [6.45, 7) is 5.44. The quantitative estimate of drug-likeness (QED) is 0.532. The number of anilines is 2. The topological polar surface area (TPSA) is 86.3 Å². The van der Waals surface area contributed by atoms with Crippen molar-refractivity contribution in [2.45, 2.75) is 26.7 Å². The number of nitriles is 1. The van der Waals surface area contributed by atoms with Gasteiger partial charge in [-0.1, -0.05) is 18.2 Å². The van der Waals surface area contributed by atoms with E-state index in [9.17, 15) is 10.1 Å². The van der Waals surface area contributed by atoms with Gasteiger partial charge in [0.1, 0.15) is 17.7 Å². The van der Waals surface area contributed by atoms with Crippen LogP contribution >= 0.6 is 0 Å². The molecule has 32 heavy (non-hydrogen) atoms. The van der Waals surface area contributed by atoms with Crippen LogP contribution in [0.4, 0.5) is 11.6 Å². The number of benzene rings is 1. The maximum atomic E-state index is 12.8. The molecule has 3 aromatic heterocycles. The summed E-state index contributed by atoms with van der Waals surface area (Å²) in [6, 6.07) is 16.1. The predicted molar refractivity (Wildman–Crippen MR) is 125 cm³/mol. The molecule has 0 atom stereocenters. The van der Waals surface area contributed by atoms with Crippen LogP contribution in [0.2, 0.25) is 0 Å².